The molecule has 6 aromatic carbocycles. The van der Waals surface area contributed by atoms with Crippen LogP contribution in [0.15, 0.2) is 144 Å². The van der Waals surface area contributed by atoms with Gasteiger partial charge in [0.15, 0.2) is 5.82 Å². The average molecular weight is 604 g/mol. The molecule has 4 heteroatoms. The molecule has 0 unspecified atom stereocenters. The molecular formula is C43H29N3O. The van der Waals surface area contributed by atoms with Gasteiger partial charge in [0.25, 0.3) is 0 Å². The lowest BCUT2D eigenvalue weighted by Gasteiger charge is -2.21. The lowest BCUT2D eigenvalue weighted by molar-refractivity contribution is 0.653. The number of benzene rings is 6. The van der Waals surface area contributed by atoms with Gasteiger partial charge in [0, 0.05) is 38.4 Å². The van der Waals surface area contributed by atoms with Gasteiger partial charge in [-0.3, -0.25) is 0 Å². The van der Waals surface area contributed by atoms with Gasteiger partial charge in [-0.15, -0.1) is 0 Å². The Bertz CT molecular complexity index is 2710. The van der Waals surface area contributed by atoms with Gasteiger partial charge in [0.05, 0.1) is 22.1 Å². The normalized spacial score (nSPS) is 13.5. The predicted octanol–water partition coefficient (Wildman–Crippen LogP) is 11.1. The summed E-state index contributed by atoms with van der Waals surface area (Å²) < 4.78 is 8.72. The first-order chi connectivity index (χ1) is 23.1. The standard InChI is InChI=1S/C43H29N3O/c1-43(2)34-20-9-6-17-29(34)32-24-33-30-18-7-10-21-36(30)46(37(33)25-35(32)43)28-16-12-15-27(23-28)41-44-40(26-13-4-3-5-14-26)39-31-19-8-11-22-38(31)47-42(39)45-41/h3-25H,1-2H3. The zero-order valence-electron chi connectivity index (χ0n) is 26.0. The predicted molar refractivity (Wildman–Crippen MR) is 192 cm³/mol. The molecule has 10 rings (SSSR count). The van der Waals surface area contributed by atoms with E-state index in [1.54, 1.807) is 0 Å². The summed E-state index contributed by atoms with van der Waals surface area (Å²) in [5, 5.41) is 4.45. The van der Waals surface area contributed by atoms with Crippen LogP contribution in [0.2, 0.25) is 0 Å². The van der Waals surface area contributed by atoms with E-state index in [0.717, 1.165) is 38.9 Å². The monoisotopic (exact) mass is 603 g/mol. The Morgan fingerprint density at radius 2 is 1.30 bits per heavy atom. The fourth-order valence-electron chi connectivity index (χ4n) is 7.78. The third kappa shape index (κ3) is 3.70. The molecule has 0 saturated heterocycles. The molecule has 4 nitrogen and oxygen atoms in total. The second-order valence-corrected chi connectivity index (χ2v) is 13.0. The van der Waals surface area contributed by atoms with E-state index in [9.17, 15) is 0 Å². The van der Waals surface area contributed by atoms with Crippen LogP contribution < -0.4 is 0 Å². The minimum absolute atomic E-state index is 0.0904. The van der Waals surface area contributed by atoms with Crippen molar-refractivity contribution in [3.8, 4) is 39.5 Å². The van der Waals surface area contributed by atoms with Gasteiger partial charge in [0.1, 0.15) is 5.58 Å². The number of furan rings is 1. The second-order valence-electron chi connectivity index (χ2n) is 13.0. The van der Waals surface area contributed by atoms with Gasteiger partial charge in [-0.2, -0.15) is 4.98 Å². The molecule has 9 aromatic rings. The van der Waals surface area contributed by atoms with Gasteiger partial charge in [-0.25, -0.2) is 4.98 Å². The molecule has 1 aliphatic carbocycles. The highest BCUT2D eigenvalue weighted by atomic mass is 16.3. The van der Waals surface area contributed by atoms with Crippen LogP contribution in [-0.4, -0.2) is 14.5 Å². The van der Waals surface area contributed by atoms with Crippen molar-refractivity contribution in [2.45, 2.75) is 19.3 Å². The lowest BCUT2D eigenvalue weighted by atomic mass is 9.82. The minimum atomic E-state index is -0.0904. The fourth-order valence-corrected chi connectivity index (χ4v) is 7.78. The summed E-state index contributed by atoms with van der Waals surface area (Å²) in [5.41, 5.74) is 13.0. The maximum atomic E-state index is 6.33. The zero-order chi connectivity index (χ0) is 31.3. The van der Waals surface area contributed by atoms with Crippen LogP contribution >= 0.6 is 0 Å². The van der Waals surface area contributed by atoms with E-state index in [1.165, 1.54) is 44.1 Å². The Morgan fingerprint density at radius 1 is 0.553 bits per heavy atom. The minimum Gasteiger partial charge on any atom is -0.438 e. The molecule has 0 spiro atoms. The van der Waals surface area contributed by atoms with Crippen LogP contribution in [0.1, 0.15) is 25.0 Å². The summed E-state index contributed by atoms with van der Waals surface area (Å²) in [5.74, 6) is 0.635. The van der Waals surface area contributed by atoms with Crippen LogP contribution in [0.25, 0.3) is 83.3 Å². The molecule has 0 N–H and O–H groups in total. The quantitative estimate of drug-likeness (QED) is 0.202. The van der Waals surface area contributed by atoms with Crippen LogP contribution in [0, 0.1) is 0 Å². The number of rotatable bonds is 3. The Labute approximate surface area is 271 Å². The Balaban J connectivity index is 1.21. The Morgan fingerprint density at radius 3 is 2.19 bits per heavy atom. The van der Waals surface area contributed by atoms with Crippen molar-refractivity contribution >= 4 is 43.9 Å². The van der Waals surface area contributed by atoms with E-state index in [2.05, 4.69) is 122 Å². The van der Waals surface area contributed by atoms with Gasteiger partial charge < -0.3 is 8.98 Å². The summed E-state index contributed by atoms with van der Waals surface area (Å²) in [4.78, 5) is 10.2. The molecular weight excluding hydrogens is 574 g/mol. The van der Waals surface area contributed by atoms with Crippen molar-refractivity contribution in [3.63, 3.8) is 0 Å². The second kappa shape index (κ2) is 9.51. The van der Waals surface area contributed by atoms with Crippen molar-refractivity contribution in [2.75, 3.05) is 0 Å². The first kappa shape index (κ1) is 26.2. The summed E-state index contributed by atoms with van der Waals surface area (Å²) in [6, 6.07) is 49.4. The van der Waals surface area contributed by atoms with Gasteiger partial charge >= 0.3 is 0 Å². The summed E-state index contributed by atoms with van der Waals surface area (Å²) in [6.07, 6.45) is 0. The molecule has 3 heterocycles. The van der Waals surface area contributed by atoms with Gasteiger partial charge in [0.2, 0.25) is 5.71 Å². The molecule has 0 aliphatic heterocycles. The SMILES string of the molecule is CC1(C)c2ccccc2-c2cc3c4ccccc4n(-c4cccc(-c5nc(-c6ccccc6)c6c(n5)oc5ccccc56)c4)c3cc21. The van der Waals surface area contributed by atoms with E-state index in [-0.39, 0.29) is 5.41 Å². The van der Waals surface area contributed by atoms with Crippen LogP contribution in [0.3, 0.4) is 0 Å². The number of hydrogen-bond acceptors (Lipinski definition) is 3. The number of hydrogen-bond donors (Lipinski definition) is 0. The highest BCUT2D eigenvalue weighted by Gasteiger charge is 2.36. The first-order valence-corrected chi connectivity index (χ1v) is 16.1. The average Bonchev–Trinajstić information content (AvgIpc) is 3.73. The molecule has 3 aromatic heterocycles. The molecule has 0 saturated carbocycles. The zero-order valence-corrected chi connectivity index (χ0v) is 26.0. The number of nitrogens with zero attached hydrogens (tertiary/aromatic N) is 3. The van der Waals surface area contributed by atoms with E-state index >= 15 is 0 Å². The first-order valence-electron chi connectivity index (χ1n) is 16.1. The largest absolute Gasteiger partial charge is 0.438 e. The van der Waals surface area contributed by atoms with Gasteiger partial charge in [-0.05, 0) is 58.7 Å². The summed E-state index contributed by atoms with van der Waals surface area (Å²) in [7, 11) is 0. The van der Waals surface area contributed by atoms with E-state index in [4.69, 9.17) is 14.4 Å². The van der Waals surface area contributed by atoms with Crippen molar-refractivity contribution in [1.29, 1.82) is 0 Å². The Kier molecular flexibility index (Phi) is 5.31. The number of aromatic nitrogens is 3. The highest BCUT2D eigenvalue weighted by molar-refractivity contribution is 6.12. The molecule has 47 heavy (non-hydrogen) atoms. The topological polar surface area (TPSA) is 43.9 Å². The van der Waals surface area contributed by atoms with Crippen LogP contribution in [-0.2, 0) is 5.41 Å². The van der Waals surface area contributed by atoms with Crippen molar-refractivity contribution in [1.82, 2.24) is 14.5 Å². The third-order valence-corrected chi connectivity index (χ3v) is 10.0. The number of para-hydroxylation sites is 2. The van der Waals surface area contributed by atoms with E-state index < -0.39 is 0 Å². The molecule has 0 atom stereocenters. The van der Waals surface area contributed by atoms with Crippen molar-refractivity contribution in [2.24, 2.45) is 0 Å². The third-order valence-electron chi connectivity index (χ3n) is 10.0. The summed E-state index contributed by atoms with van der Waals surface area (Å²) >= 11 is 0. The van der Waals surface area contributed by atoms with E-state index in [0.29, 0.717) is 11.5 Å². The molecule has 0 fully saturated rings. The maximum absolute atomic E-state index is 6.33. The highest BCUT2D eigenvalue weighted by Crippen LogP contribution is 2.51. The number of fused-ring (bicyclic) bond motifs is 9. The lowest BCUT2D eigenvalue weighted by Crippen LogP contribution is -2.14. The smallest absolute Gasteiger partial charge is 0.231 e. The van der Waals surface area contributed by atoms with Crippen LogP contribution in [0.5, 0.6) is 0 Å². The van der Waals surface area contributed by atoms with E-state index in [1.807, 2.05) is 36.4 Å². The van der Waals surface area contributed by atoms with Crippen molar-refractivity contribution in [3.05, 3.63) is 151 Å². The van der Waals surface area contributed by atoms with Gasteiger partial charge in [-0.1, -0.05) is 117 Å². The molecule has 1 aliphatic rings. The maximum Gasteiger partial charge on any atom is 0.231 e. The van der Waals surface area contributed by atoms with Crippen LogP contribution in [0.4, 0.5) is 0 Å². The Hall–Kier alpha value is -6.00. The summed E-state index contributed by atoms with van der Waals surface area (Å²) in [6.45, 7) is 4.68. The molecule has 0 amide bonds. The fraction of sp³-hybridized carbons (Fsp3) is 0.0698. The van der Waals surface area contributed by atoms with Crippen molar-refractivity contribution < 1.29 is 4.42 Å². The molecule has 0 radical (unpaired) electrons. The molecule has 222 valence electrons. The molecule has 0 bridgehead atoms.